The van der Waals surface area contributed by atoms with E-state index in [9.17, 15) is 0 Å². The molecule has 3 aromatic carbocycles. The van der Waals surface area contributed by atoms with Crippen LogP contribution in [0.5, 0.6) is 0 Å². The highest BCUT2D eigenvalue weighted by Crippen LogP contribution is 2.23. The third-order valence-corrected chi connectivity index (χ3v) is 8.45. The predicted octanol–water partition coefficient (Wildman–Crippen LogP) is 9.27. The first-order valence-electron chi connectivity index (χ1n) is 19.8. The number of aryl methyl sites for hydroxylation is 8. The molecule has 0 saturated heterocycles. The monoisotopic (exact) mass is 643 g/mol. The average Bonchev–Trinajstić information content (AvgIpc) is 3.11. The summed E-state index contributed by atoms with van der Waals surface area (Å²) in [4.78, 5) is 0. The van der Waals surface area contributed by atoms with Gasteiger partial charge in [-0.3, -0.25) is 0 Å². The van der Waals surface area contributed by atoms with Crippen LogP contribution < -0.4 is 13.7 Å². The maximum atomic E-state index is 8.15. The highest BCUT2D eigenvalue weighted by atomic mass is 14.9. The van der Waals surface area contributed by atoms with Gasteiger partial charge in [0.05, 0.1) is 0 Å². The molecule has 0 aliphatic rings. The molecule has 48 heavy (non-hydrogen) atoms. The molecule has 3 heteroatoms. The van der Waals surface area contributed by atoms with Gasteiger partial charge in [-0.25, -0.2) is 13.7 Å². The minimum absolute atomic E-state index is 0.359. The summed E-state index contributed by atoms with van der Waals surface area (Å²) >= 11 is 0. The molecule has 0 amide bonds. The fourth-order valence-corrected chi connectivity index (χ4v) is 5.76. The first kappa shape index (κ1) is 27.1. The van der Waals surface area contributed by atoms with E-state index in [-0.39, 0.29) is 6.42 Å². The largest absolute Gasteiger partial charge is 0.212 e. The van der Waals surface area contributed by atoms with Crippen molar-refractivity contribution in [3.63, 3.8) is 0 Å². The van der Waals surface area contributed by atoms with Crippen molar-refractivity contribution in [3.8, 4) is 33.8 Å². The number of hydrogen-bond acceptors (Lipinski definition) is 0. The van der Waals surface area contributed by atoms with Crippen LogP contribution in [-0.4, -0.2) is 0 Å². The minimum Gasteiger partial charge on any atom is -0.201 e. The molecule has 6 rings (SSSR count). The van der Waals surface area contributed by atoms with Gasteiger partial charge >= 0.3 is 0 Å². The average molecular weight is 644 g/mol. The first-order chi connectivity index (χ1) is 25.7. The molecule has 3 heterocycles. The lowest BCUT2D eigenvalue weighted by Crippen LogP contribution is -2.30. The van der Waals surface area contributed by atoms with E-state index in [0.717, 1.165) is 16.8 Å². The van der Waals surface area contributed by atoms with Crippen LogP contribution in [0, 0.1) is 40.5 Å². The Morgan fingerprint density at radius 1 is 0.500 bits per heavy atom. The Hall–Kier alpha value is -4.89. The Morgan fingerprint density at radius 3 is 1.33 bits per heavy atom. The van der Waals surface area contributed by atoms with Gasteiger partial charge in [-0.05, 0) is 106 Å². The molecule has 0 saturated carbocycles. The van der Waals surface area contributed by atoms with E-state index in [1.165, 1.54) is 44.8 Å². The van der Waals surface area contributed by atoms with Crippen LogP contribution in [0.4, 0.5) is 0 Å². The zero-order valence-electron chi connectivity index (χ0n) is 36.7. The van der Waals surface area contributed by atoms with Gasteiger partial charge in [-0.2, -0.15) is 0 Å². The first-order valence-corrected chi connectivity index (χ1v) is 16.3. The second kappa shape index (κ2) is 16.8. The van der Waals surface area contributed by atoms with Crippen molar-refractivity contribution in [2.24, 2.45) is 27.0 Å². The SMILES string of the molecule is Cc1ccc(C)c(-c2cccc[n+]2C)c1.Cc1ccc(C)c(-c2cccc[n+]2C)c1.[2H]C([2H])([2H])C([2H])(Cc1ccc(-c2cccc[n+]2C)c(C)c1)C([2H])([2H])[2H]. The van der Waals surface area contributed by atoms with E-state index in [1.807, 2.05) is 49.0 Å². The van der Waals surface area contributed by atoms with Gasteiger partial charge < -0.3 is 0 Å². The summed E-state index contributed by atoms with van der Waals surface area (Å²) in [5.41, 5.74) is 13.8. The fourth-order valence-electron chi connectivity index (χ4n) is 5.76. The van der Waals surface area contributed by atoms with Crippen molar-refractivity contribution in [2.75, 3.05) is 0 Å². The van der Waals surface area contributed by atoms with Crippen molar-refractivity contribution in [2.45, 2.75) is 54.7 Å². The highest BCUT2D eigenvalue weighted by molar-refractivity contribution is 5.63. The number of pyridine rings is 3. The summed E-state index contributed by atoms with van der Waals surface area (Å²) in [5, 5.41) is 0. The van der Waals surface area contributed by atoms with Gasteiger partial charge in [-0.1, -0.05) is 61.2 Å². The van der Waals surface area contributed by atoms with Crippen LogP contribution in [0.15, 0.2) is 128 Å². The summed E-state index contributed by atoms with van der Waals surface area (Å²) in [6.45, 7) is 4.65. The van der Waals surface area contributed by atoms with Gasteiger partial charge in [-0.15, -0.1) is 0 Å². The standard InChI is InChI=1S/C17H22N.2C14H16N/c1-13(2)11-15-8-9-16(14(3)12-15)17-7-5-6-10-18(17)4;2*1-11-7-8-12(2)13(10-11)14-6-4-5-9-15(14)3/h5-10,12-13H,11H2,1-4H3;2*4-10H,1-3H3/q3*+1/i1D3,2D3,13D;;. The van der Waals surface area contributed by atoms with Crippen LogP contribution in [0.2, 0.25) is 0 Å². The van der Waals surface area contributed by atoms with Crippen LogP contribution in [0.25, 0.3) is 33.8 Å². The van der Waals surface area contributed by atoms with Crippen LogP contribution in [0.3, 0.4) is 0 Å². The van der Waals surface area contributed by atoms with E-state index in [0.29, 0.717) is 5.56 Å². The van der Waals surface area contributed by atoms with E-state index < -0.39 is 19.6 Å². The molecule has 0 aliphatic carbocycles. The van der Waals surface area contributed by atoms with Gasteiger partial charge in [0.2, 0.25) is 17.1 Å². The second-order valence-electron chi connectivity index (χ2n) is 12.5. The quantitative estimate of drug-likeness (QED) is 0.166. The van der Waals surface area contributed by atoms with Gasteiger partial charge in [0.1, 0.15) is 21.1 Å². The maximum Gasteiger partial charge on any atom is 0.212 e. The Balaban J connectivity index is 0.000000193. The third kappa shape index (κ3) is 9.58. The predicted molar refractivity (Wildman–Crippen MR) is 201 cm³/mol. The molecule has 0 radical (unpaired) electrons. The highest BCUT2D eigenvalue weighted by Gasteiger charge is 2.13. The molecule has 3 aromatic heterocycles. The van der Waals surface area contributed by atoms with Crippen LogP contribution >= 0.6 is 0 Å². The summed E-state index contributed by atoms with van der Waals surface area (Å²) < 4.78 is 59.6. The normalized spacial score (nSPS) is 13.5. The summed E-state index contributed by atoms with van der Waals surface area (Å²) in [5.74, 6) is -2.54. The van der Waals surface area contributed by atoms with Crippen molar-refractivity contribution in [1.29, 1.82) is 0 Å². The number of benzene rings is 3. The summed E-state index contributed by atoms with van der Waals surface area (Å²) in [6.07, 6.45) is 5.73. The molecule has 0 N–H and O–H groups in total. The third-order valence-electron chi connectivity index (χ3n) is 8.45. The zero-order chi connectivity index (χ0) is 40.7. The summed E-state index contributed by atoms with van der Waals surface area (Å²) in [6, 6.07) is 36.9. The molecule has 0 unspecified atom stereocenters. The second-order valence-corrected chi connectivity index (χ2v) is 12.5. The Bertz CT molecular complexity index is 2130. The van der Waals surface area contributed by atoms with Crippen molar-refractivity contribution in [1.82, 2.24) is 0 Å². The molecule has 3 nitrogen and oxygen atoms in total. The van der Waals surface area contributed by atoms with Gasteiger partial charge in [0.15, 0.2) is 18.6 Å². The zero-order valence-corrected chi connectivity index (χ0v) is 29.7. The maximum absolute atomic E-state index is 8.15. The Morgan fingerprint density at radius 2 is 0.938 bits per heavy atom. The lowest BCUT2D eigenvalue weighted by molar-refractivity contribution is -0.660. The molecule has 0 spiro atoms. The minimum atomic E-state index is -2.91. The molecule has 0 atom stereocenters. The molecule has 0 aliphatic heterocycles. The molecule has 6 aromatic rings. The molecule has 0 bridgehead atoms. The Kier molecular flexibility index (Phi) is 9.48. The van der Waals surface area contributed by atoms with Crippen molar-refractivity contribution in [3.05, 3.63) is 161 Å². The van der Waals surface area contributed by atoms with Crippen LogP contribution in [0.1, 0.15) is 56.7 Å². The number of nitrogens with zero attached hydrogens (tertiary/aromatic N) is 3. The van der Waals surface area contributed by atoms with E-state index in [1.54, 1.807) is 12.1 Å². The molecule has 246 valence electrons. The lowest BCUT2D eigenvalue weighted by atomic mass is 9.97. The number of rotatable bonds is 5. The summed E-state index contributed by atoms with van der Waals surface area (Å²) in [7, 11) is 6.09. The Labute approximate surface area is 299 Å². The van der Waals surface area contributed by atoms with E-state index >= 15 is 0 Å². The lowest BCUT2D eigenvalue weighted by Gasteiger charge is -2.09. The molecular weight excluding hydrogens is 583 g/mol. The number of aromatic nitrogens is 3. The van der Waals surface area contributed by atoms with Gasteiger partial charge in [0, 0.05) is 62.7 Å². The molecular formula is C45H54N3+3. The van der Waals surface area contributed by atoms with Gasteiger partial charge in [0.25, 0.3) is 0 Å². The van der Waals surface area contributed by atoms with Crippen LogP contribution in [-0.2, 0) is 27.6 Å². The van der Waals surface area contributed by atoms with E-state index in [4.69, 9.17) is 9.60 Å². The van der Waals surface area contributed by atoms with Crippen molar-refractivity contribution < 1.29 is 23.3 Å². The fraction of sp³-hybridized carbons (Fsp3) is 0.267. The number of hydrogen-bond donors (Lipinski definition) is 0. The topological polar surface area (TPSA) is 11.6 Å². The van der Waals surface area contributed by atoms with Crippen molar-refractivity contribution >= 4 is 0 Å². The van der Waals surface area contributed by atoms with E-state index in [2.05, 4.69) is 136 Å². The smallest absolute Gasteiger partial charge is 0.201 e. The molecule has 0 fully saturated rings.